The molecule has 0 saturated carbocycles. The monoisotopic (exact) mass is 156 g/mol. The molecule has 1 fully saturated rings. The van der Waals surface area contributed by atoms with Gasteiger partial charge in [-0.25, -0.2) is 0 Å². The summed E-state index contributed by atoms with van der Waals surface area (Å²) in [6.07, 6.45) is 0. The Labute approximate surface area is 57.6 Å². The Morgan fingerprint density at radius 1 is 1.14 bits per heavy atom. The summed E-state index contributed by atoms with van der Waals surface area (Å²) in [7, 11) is 0. The highest BCUT2D eigenvalue weighted by atomic mass is 35.5. The second-order valence-electron chi connectivity index (χ2n) is 1.57. The minimum Gasteiger partial charge on any atom is -0.159 e. The highest BCUT2D eigenvalue weighted by Crippen LogP contribution is 2.26. The van der Waals surface area contributed by atoms with Crippen LogP contribution in [0.25, 0.3) is 0 Å². The molecule has 1 heterocycles. The summed E-state index contributed by atoms with van der Waals surface area (Å²) in [5.41, 5.74) is 0. The molecule has 0 aliphatic carbocycles. The number of alkyl halides is 2. The third kappa shape index (κ3) is 1.41. The van der Waals surface area contributed by atoms with E-state index in [4.69, 9.17) is 23.2 Å². The van der Waals surface area contributed by atoms with Gasteiger partial charge in [0.05, 0.1) is 10.8 Å². The lowest BCUT2D eigenvalue weighted by molar-refractivity contribution is 0.967. The maximum atomic E-state index is 5.71. The lowest BCUT2D eigenvalue weighted by Gasteiger charge is -1.98. The summed E-state index contributed by atoms with van der Waals surface area (Å²) in [6, 6.07) is 0. The van der Waals surface area contributed by atoms with E-state index in [9.17, 15) is 0 Å². The van der Waals surface area contributed by atoms with Crippen LogP contribution in [0.5, 0.6) is 0 Å². The predicted molar refractivity (Wildman–Crippen MR) is 36.6 cm³/mol. The molecule has 0 radical (unpaired) electrons. The molecule has 1 saturated heterocycles. The molecule has 0 N–H and O–H groups in total. The van der Waals surface area contributed by atoms with Crippen LogP contribution in [0.3, 0.4) is 0 Å². The van der Waals surface area contributed by atoms with Gasteiger partial charge >= 0.3 is 0 Å². The Bertz CT molecular complexity index is 58.7. The minimum atomic E-state index is 0.215. The summed E-state index contributed by atoms with van der Waals surface area (Å²) >= 11 is 13.2. The minimum absolute atomic E-state index is 0.215. The summed E-state index contributed by atoms with van der Waals surface area (Å²) in [5.74, 6) is 2.05. The Morgan fingerprint density at radius 3 is 1.71 bits per heavy atom. The molecule has 0 bridgehead atoms. The molecule has 0 amide bonds. The molecular weight excluding hydrogens is 151 g/mol. The first-order chi connectivity index (χ1) is 3.30. The number of thioether (sulfide) groups is 1. The fourth-order valence-corrected chi connectivity index (χ4v) is 2.48. The van der Waals surface area contributed by atoms with Crippen molar-refractivity contribution in [1.82, 2.24) is 0 Å². The first-order valence-electron chi connectivity index (χ1n) is 2.16. The Balaban J connectivity index is 2.33. The number of hydrogen-bond acceptors (Lipinski definition) is 1. The molecule has 1 rings (SSSR count). The van der Waals surface area contributed by atoms with Gasteiger partial charge in [-0.2, -0.15) is 11.8 Å². The molecule has 0 aromatic carbocycles. The zero-order valence-electron chi connectivity index (χ0n) is 3.73. The van der Waals surface area contributed by atoms with Crippen molar-refractivity contribution in [3.63, 3.8) is 0 Å². The summed E-state index contributed by atoms with van der Waals surface area (Å²) in [6.45, 7) is 0. The van der Waals surface area contributed by atoms with Crippen molar-refractivity contribution >= 4 is 35.0 Å². The maximum Gasteiger partial charge on any atom is 0.0598 e. The van der Waals surface area contributed by atoms with Crippen molar-refractivity contribution in [2.75, 3.05) is 11.5 Å². The Morgan fingerprint density at radius 2 is 1.57 bits per heavy atom. The average molecular weight is 157 g/mol. The smallest absolute Gasteiger partial charge is 0.0598 e. The Hall–Kier alpha value is 0.930. The molecule has 3 heteroatoms. The average Bonchev–Trinajstić information content (AvgIpc) is 1.91. The molecule has 1 aliphatic heterocycles. The van der Waals surface area contributed by atoms with Gasteiger partial charge in [0.2, 0.25) is 0 Å². The van der Waals surface area contributed by atoms with Gasteiger partial charge in [-0.05, 0) is 0 Å². The zero-order valence-corrected chi connectivity index (χ0v) is 6.06. The van der Waals surface area contributed by atoms with Crippen LogP contribution in [0.4, 0.5) is 0 Å². The predicted octanol–water partition coefficient (Wildman–Crippen LogP) is 1.95. The van der Waals surface area contributed by atoms with E-state index in [2.05, 4.69) is 0 Å². The molecule has 0 nitrogen and oxygen atoms in total. The van der Waals surface area contributed by atoms with Gasteiger partial charge in [0.1, 0.15) is 0 Å². The van der Waals surface area contributed by atoms with Crippen LogP contribution < -0.4 is 0 Å². The van der Waals surface area contributed by atoms with Crippen molar-refractivity contribution in [3.05, 3.63) is 0 Å². The number of rotatable bonds is 0. The first-order valence-corrected chi connectivity index (χ1v) is 4.19. The van der Waals surface area contributed by atoms with Crippen molar-refractivity contribution in [3.8, 4) is 0 Å². The quantitative estimate of drug-likeness (QED) is 0.484. The van der Waals surface area contributed by atoms with Gasteiger partial charge in [-0.1, -0.05) is 0 Å². The van der Waals surface area contributed by atoms with Crippen molar-refractivity contribution in [2.24, 2.45) is 0 Å². The highest BCUT2D eigenvalue weighted by Gasteiger charge is 2.22. The van der Waals surface area contributed by atoms with Gasteiger partial charge in [0.25, 0.3) is 0 Å². The van der Waals surface area contributed by atoms with Crippen LogP contribution in [0.2, 0.25) is 0 Å². The normalized spacial score (nSPS) is 42.0. The van der Waals surface area contributed by atoms with Gasteiger partial charge in [0.15, 0.2) is 0 Å². The molecule has 1 aliphatic rings. The van der Waals surface area contributed by atoms with Crippen LogP contribution in [-0.4, -0.2) is 22.3 Å². The zero-order chi connectivity index (χ0) is 5.28. The van der Waals surface area contributed by atoms with E-state index < -0.39 is 0 Å². The van der Waals surface area contributed by atoms with Gasteiger partial charge in [-0.3, -0.25) is 0 Å². The maximum absolute atomic E-state index is 5.71. The fourth-order valence-electron chi connectivity index (χ4n) is 0.502. The van der Waals surface area contributed by atoms with E-state index in [1.807, 2.05) is 11.8 Å². The Kier molecular flexibility index (Phi) is 2.14. The van der Waals surface area contributed by atoms with E-state index in [0.717, 1.165) is 11.5 Å². The van der Waals surface area contributed by atoms with Crippen molar-refractivity contribution in [1.29, 1.82) is 0 Å². The second-order valence-corrected chi connectivity index (χ2v) is 3.77. The number of halogens is 2. The second kappa shape index (κ2) is 2.47. The molecule has 0 aromatic heterocycles. The summed E-state index contributed by atoms with van der Waals surface area (Å²) in [4.78, 5) is 0. The first kappa shape index (κ1) is 6.06. The number of hydrogen-bond donors (Lipinski definition) is 0. The van der Waals surface area contributed by atoms with Gasteiger partial charge in [0, 0.05) is 11.5 Å². The van der Waals surface area contributed by atoms with Gasteiger partial charge < -0.3 is 0 Å². The van der Waals surface area contributed by atoms with Crippen LogP contribution in [0.15, 0.2) is 0 Å². The fraction of sp³-hybridized carbons (Fsp3) is 1.00. The SMILES string of the molecule is Cl[C@H]1CSC[C@@H]1Cl. The van der Waals surface area contributed by atoms with Crippen LogP contribution in [0.1, 0.15) is 0 Å². The third-order valence-electron chi connectivity index (χ3n) is 0.947. The van der Waals surface area contributed by atoms with Crippen molar-refractivity contribution < 1.29 is 0 Å². The van der Waals surface area contributed by atoms with E-state index >= 15 is 0 Å². The third-order valence-corrected chi connectivity index (χ3v) is 3.55. The van der Waals surface area contributed by atoms with E-state index in [1.165, 1.54) is 0 Å². The van der Waals surface area contributed by atoms with Gasteiger partial charge in [-0.15, -0.1) is 23.2 Å². The standard InChI is InChI=1S/C4H6Cl2S/c5-3-1-7-2-4(3)6/h3-4H,1-2H2/t3-,4-/m0/s1. The molecular formula is C4H6Cl2S. The van der Waals surface area contributed by atoms with Crippen LogP contribution in [-0.2, 0) is 0 Å². The summed E-state index contributed by atoms with van der Waals surface area (Å²) < 4.78 is 0. The van der Waals surface area contributed by atoms with Crippen LogP contribution in [0, 0.1) is 0 Å². The van der Waals surface area contributed by atoms with Crippen LogP contribution >= 0.6 is 35.0 Å². The van der Waals surface area contributed by atoms with E-state index in [1.54, 1.807) is 0 Å². The largest absolute Gasteiger partial charge is 0.159 e. The van der Waals surface area contributed by atoms with E-state index in [0.29, 0.717) is 0 Å². The summed E-state index contributed by atoms with van der Waals surface area (Å²) in [5, 5.41) is 0.429. The van der Waals surface area contributed by atoms with E-state index in [-0.39, 0.29) is 10.8 Å². The topological polar surface area (TPSA) is 0 Å². The molecule has 42 valence electrons. The molecule has 0 aromatic rings. The molecule has 0 unspecified atom stereocenters. The van der Waals surface area contributed by atoms with Crippen molar-refractivity contribution in [2.45, 2.75) is 10.8 Å². The molecule has 0 spiro atoms. The lowest BCUT2D eigenvalue weighted by Crippen LogP contribution is -2.09. The highest BCUT2D eigenvalue weighted by molar-refractivity contribution is 7.99. The molecule has 7 heavy (non-hydrogen) atoms. The molecule has 2 atom stereocenters. The lowest BCUT2D eigenvalue weighted by atomic mass is 10.4.